The van der Waals surface area contributed by atoms with Crippen LogP contribution in [0, 0.1) is 0 Å². The highest BCUT2D eigenvalue weighted by molar-refractivity contribution is 9.11. The Bertz CT molecular complexity index is 387. The molecule has 0 aliphatic heterocycles. The summed E-state index contributed by atoms with van der Waals surface area (Å²) in [5.41, 5.74) is 7.04. The van der Waals surface area contributed by atoms with Crippen molar-refractivity contribution in [2.24, 2.45) is 5.73 Å². The van der Waals surface area contributed by atoms with Crippen LogP contribution in [-0.2, 0) is 0 Å². The number of halogens is 4. The van der Waals surface area contributed by atoms with Crippen molar-refractivity contribution in [1.29, 1.82) is 0 Å². The number of rotatable bonds is 4. The maximum Gasteiger partial charge on any atom is 0.144 e. The van der Waals surface area contributed by atoms with E-state index in [-0.39, 0.29) is 24.2 Å². The average molecular weight is 452 g/mol. The van der Waals surface area contributed by atoms with Gasteiger partial charge in [0.05, 0.1) is 8.95 Å². The smallest absolute Gasteiger partial charge is 0.144 e. The number of hydrogen-bond acceptors (Lipinski definition) is 2. The van der Waals surface area contributed by atoms with Gasteiger partial charge >= 0.3 is 0 Å². The third kappa shape index (κ3) is 4.39. The highest BCUT2D eigenvalue weighted by Gasteiger charge is 2.18. The Kier molecular flexibility index (Phi) is 8.33. The van der Waals surface area contributed by atoms with Crippen molar-refractivity contribution in [3.63, 3.8) is 0 Å². The number of unbranched alkanes of at least 4 members (excludes halogenated alkanes) is 1. The number of phenolic OH excluding ortho intramolecular Hbond substituents is 1. The van der Waals surface area contributed by atoms with E-state index in [0.717, 1.165) is 29.3 Å². The van der Waals surface area contributed by atoms with Crippen LogP contribution in [0.25, 0.3) is 0 Å². The summed E-state index contributed by atoms with van der Waals surface area (Å²) in [5.74, 6) is 0.199. The second kappa shape index (κ2) is 8.00. The molecule has 0 bridgehead atoms. The van der Waals surface area contributed by atoms with Gasteiger partial charge < -0.3 is 10.8 Å². The van der Waals surface area contributed by atoms with Gasteiger partial charge in [-0.25, -0.2) is 0 Å². The molecule has 1 aromatic carbocycles. The predicted molar refractivity (Wildman–Crippen MR) is 84.9 cm³/mol. The van der Waals surface area contributed by atoms with Crippen LogP contribution in [0.4, 0.5) is 0 Å². The van der Waals surface area contributed by atoms with Crippen LogP contribution in [0.15, 0.2) is 19.5 Å². The summed E-state index contributed by atoms with van der Waals surface area (Å²) in [4.78, 5) is 0. The standard InChI is InChI=1S/C11H14Br3NO.ClH/c1-2-3-4-8(15)9-6(12)5-7(13)11(16)10(9)14;/h5,8,16H,2-4,15H2,1H3;1H/t8-;/m0./s1. The molecule has 17 heavy (non-hydrogen) atoms. The first-order chi connectivity index (χ1) is 7.49. The summed E-state index contributed by atoms with van der Waals surface area (Å²) in [6.45, 7) is 2.13. The lowest BCUT2D eigenvalue weighted by Crippen LogP contribution is -2.11. The number of hydrogen-bond donors (Lipinski definition) is 2. The molecule has 3 N–H and O–H groups in total. The maximum absolute atomic E-state index is 9.82. The monoisotopic (exact) mass is 449 g/mol. The summed E-state index contributed by atoms with van der Waals surface area (Å²) < 4.78 is 2.22. The SMILES string of the molecule is CCCC[C@H](N)c1c(Br)cc(Br)c(O)c1Br.Cl. The number of benzene rings is 1. The lowest BCUT2D eigenvalue weighted by atomic mass is 10.0. The van der Waals surface area contributed by atoms with E-state index >= 15 is 0 Å². The maximum atomic E-state index is 9.82. The molecule has 0 saturated heterocycles. The molecule has 0 amide bonds. The normalized spacial score (nSPS) is 12.1. The number of aromatic hydroxyl groups is 1. The van der Waals surface area contributed by atoms with Gasteiger partial charge in [-0.1, -0.05) is 35.7 Å². The topological polar surface area (TPSA) is 46.2 Å². The molecule has 98 valence electrons. The lowest BCUT2D eigenvalue weighted by molar-refractivity contribution is 0.465. The first-order valence-corrected chi connectivity index (χ1v) is 7.48. The van der Waals surface area contributed by atoms with Crippen molar-refractivity contribution in [3.8, 4) is 5.75 Å². The Balaban J connectivity index is 0.00000256. The van der Waals surface area contributed by atoms with Crippen LogP contribution >= 0.6 is 60.2 Å². The van der Waals surface area contributed by atoms with E-state index in [1.807, 2.05) is 6.07 Å². The van der Waals surface area contributed by atoms with Crippen molar-refractivity contribution >= 4 is 60.2 Å². The molecule has 0 aliphatic carbocycles. The molecule has 1 rings (SSSR count). The molecule has 1 aromatic rings. The summed E-state index contributed by atoms with van der Waals surface area (Å²) in [7, 11) is 0. The predicted octanol–water partition coefficient (Wildman–Crippen LogP) is 5.29. The van der Waals surface area contributed by atoms with Crippen LogP contribution in [0.2, 0.25) is 0 Å². The van der Waals surface area contributed by atoms with Gasteiger partial charge in [0.1, 0.15) is 5.75 Å². The van der Waals surface area contributed by atoms with E-state index in [2.05, 4.69) is 54.7 Å². The van der Waals surface area contributed by atoms with E-state index in [0.29, 0.717) is 8.95 Å². The minimum atomic E-state index is -0.0669. The Morgan fingerprint density at radius 3 is 2.41 bits per heavy atom. The Morgan fingerprint density at radius 2 is 1.88 bits per heavy atom. The summed E-state index contributed by atoms with van der Waals surface area (Å²) in [6.07, 6.45) is 3.11. The molecule has 0 fully saturated rings. The van der Waals surface area contributed by atoms with Crippen molar-refractivity contribution in [3.05, 3.63) is 25.0 Å². The van der Waals surface area contributed by atoms with Crippen LogP contribution in [0.1, 0.15) is 37.8 Å². The molecule has 0 heterocycles. The molecule has 2 nitrogen and oxygen atoms in total. The molecule has 6 heteroatoms. The van der Waals surface area contributed by atoms with E-state index in [1.54, 1.807) is 0 Å². The van der Waals surface area contributed by atoms with Gasteiger partial charge in [-0.2, -0.15) is 0 Å². The minimum absolute atomic E-state index is 0. The number of nitrogens with two attached hydrogens (primary N) is 1. The van der Waals surface area contributed by atoms with Gasteiger partial charge in [0.25, 0.3) is 0 Å². The van der Waals surface area contributed by atoms with E-state index in [1.165, 1.54) is 0 Å². The van der Waals surface area contributed by atoms with Crippen LogP contribution in [0.5, 0.6) is 5.75 Å². The van der Waals surface area contributed by atoms with Gasteiger partial charge in [-0.05, 0) is 44.3 Å². The fourth-order valence-corrected chi connectivity index (χ4v) is 4.21. The van der Waals surface area contributed by atoms with E-state index in [9.17, 15) is 5.11 Å². The van der Waals surface area contributed by atoms with Crippen molar-refractivity contribution in [1.82, 2.24) is 0 Å². The summed E-state index contributed by atoms with van der Waals surface area (Å²) in [6, 6.07) is 1.75. The highest BCUT2D eigenvalue weighted by Crippen LogP contribution is 2.42. The van der Waals surface area contributed by atoms with Crippen molar-refractivity contribution in [2.45, 2.75) is 32.2 Å². The average Bonchev–Trinajstić information content (AvgIpc) is 2.23. The fraction of sp³-hybridized carbons (Fsp3) is 0.455. The largest absolute Gasteiger partial charge is 0.506 e. The van der Waals surface area contributed by atoms with Gasteiger partial charge in [0.15, 0.2) is 0 Å². The van der Waals surface area contributed by atoms with Crippen LogP contribution < -0.4 is 5.73 Å². The van der Waals surface area contributed by atoms with Gasteiger partial charge in [-0.15, -0.1) is 12.4 Å². The zero-order valence-corrected chi connectivity index (χ0v) is 14.9. The zero-order valence-electron chi connectivity index (χ0n) is 9.34. The van der Waals surface area contributed by atoms with Crippen LogP contribution in [-0.4, -0.2) is 5.11 Å². The fourth-order valence-electron chi connectivity index (χ4n) is 1.50. The van der Waals surface area contributed by atoms with Crippen molar-refractivity contribution < 1.29 is 5.11 Å². The Morgan fingerprint density at radius 1 is 1.29 bits per heavy atom. The molecular weight excluding hydrogens is 437 g/mol. The third-order valence-corrected chi connectivity index (χ3v) is 4.48. The minimum Gasteiger partial charge on any atom is -0.506 e. The molecule has 0 aliphatic rings. The summed E-state index contributed by atoms with van der Waals surface area (Å²) >= 11 is 10.1. The van der Waals surface area contributed by atoms with Gasteiger partial charge in [-0.3, -0.25) is 0 Å². The lowest BCUT2D eigenvalue weighted by Gasteiger charge is -2.17. The molecule has 0 radical (unpaired) electrons. The van der Waals surface area contributed by atoms with Crippen molar-refractivity contribution in [2.75, 3.05) is 0 Å². The number of phenols is 1. The zero-order chi connectivity index (χ0) is 12.3. The molecule has 0 aromatic heterocycles. The third-order valence-electron chi connectivity index (χ3n) is 2.42. The molecule has 0 saturated carbocycles. The Hall–Kier alpha value is 0.710. The van der Waals surface area contributed by atoms with Gasteiger partial charge in [0, 0.05) is 16.1 Å². The molecule has 1 atom stereocenters. The highest BCUT2D eigenvalue weighted by atomic mass is 79.9. The van der Waals surface area contributed by atoms with E-state index < -0.39 is 0 Å². The van der Waals surface area contributed by atoms with Crippen LogP contribution in [0.3, 0.4) is 0 Å². The summed E-state index contributed by atoms with van der Waals surface area (Å²) in [5, 5.41) is 9.82. The molecular formula is C11H15Br3ClNO. The second-order valence-corrected chi connectivity index (χ2v) is 6.17. The first-order valence-electron chi connectivity index (χ1n) is 5.11. The molecule has 0 unspecified atom stereocenters. The first kappa shape index (κ1) is 17.7. The van der Waals surface area contributed by atoms with Gasteiger partial charge in [0.2, 0.25) is 0 Å². The second-order valence-electron chi connectivity index (χ2n) is 3.67. The van der Waals surface area contributed by atoms with E-state index in [4.69, 9.17) is 5.73 Å². The Labute approximate surface area is 133 Å². The quantitative estimate of drug-likeness (QED) is 0.652. The molecule has 0 spiro atoms.